The van der Waals surface area contributed by atoms with E-state index in [1.165, 1.54) is 5.56 Å². The van der Waals surface area contributed by atoms with Gasteiger partial charge in [0.05, 0.1) is 11.0 Å². The number of hydrogen-bond acceptors (Lipinski definition) is 2. The molecule has 2 aromatic heterocycles. The van der Waals surface area contributed by atoms with Gasteiger partial charge in [-0.05, 0) is 59.1 Å². The van der Waals surface area contributed by atoms with Crippen molar-refractivity contribution in [3.8, 4) is 0 Å². The number of primary amides is 1. The summed E-state index contributed by atoms with van der Waals surface area (Å²) >= 11 is 1.69. The number of nitrogens with two attached hydrogens (primary N) is 1. The highest BCUT2D eigenvalue weighted by atomic mass is 32.1. The van der Waals surface area contributed by atoms with Gasteiger partial charge in [-0.1, -0.05) is 12.1 Å². The van der Waals surface area contributed by atoms with E-state index >= 15 is 0 Å². The molecule has 0 aliphatic carbocycles. The Balaban J connectivity index is 2.11. The van der Waals surface area contributed by atoms with E-state index in [0.717, 1.165) is 33.9 Å². The molecule has 2 N–H and O–H groups in total. The third kappa shape index (κ3) is 2.23. The zero-order chi connectivity index (χ0) is 16.0. The van der Waals surface area contributed by atoms with Gasteiger partial charge in [0.1, 0.15) is 0 Å². The average molecular weight is 319 g/mol. The van der Waals surface area contributed by atoms with Crippen LogP contribution in [-0.4, -0.2) is 10.5 Å². The molecular formula is C19H15N2OS. The van der Waals surface area contributed by atoms with Crippen molar-refractivity contribution in [3.63, 3.8) is 0 Å². The van der Waals surface area contributed by atoms with Crippen LogP contribution in [0.25, 0.3) is 21.8 Å². The van der Waals surface area contributed by atoms with Gasteiger partial charge in [0.15, 0.2) is 0 Å². The molecule has 4 rings (SSSR count). The van der Waals surface area contributed by atoms with Crippen LogP contribution >= 0.6 is 11.3 Å². The Labute approximate surface area is 138 Å². The van der Waals surface area contributed by atoms with Gasteiger partial charge >= 0.3 is 0 Å². The van der Waals surface area contributed by atoms with E-state index < -0.39 is 5.91 Å². The Hall–Kier alpha value is -2.59. The quantitative estimate of drug-likeness (QED) is 0.607. The highest BCUT2D eigenvalue weighted by Crippen LogP contribution is 2.32. The zero-order valence-electron chi connectivity index (χ0n) is 12.7. The van der Waals surface area contributed by atoms with Crippen LogP contribution in [0.15, 0.2) is 47.2 Å². The van der Waals surface area contributed by atoms with E-state index in [1.54, 1.807) is 17.4 Å². The Bertz CT molecular complexity index is 1030. The van der Waals surface area contributed by atoms with Crippen molar-refractivity contribution < 1.29 is 4.79 Å². The minimum atomic E-state index is -0.404. The molecule has 113 valence electrons. The Kier molecular flexibility index (Phi) is 3.20. The number of aryl methyl sites for hydroxylation is 1. The van der Waals surface area contributed by atoms with Gasteiger partial charge in [-0.2, -0.15) is 11.3 Å². The number of hydrogen-bond donors (Lipinski definition) is 1. The molecule has 4 heteroatoms. The second-order valence-corrected chi connectivity index (χ2v) is 6.50. The maximum Gasteiger partial charge on any atom is 0.249 e. The van der Waals surface area contributed by atoms with E-state index in [1.807, 2.05) is 18.2 Å². The van der Waals surface area contributed by atoms with E-state index in [9.17, 15) is 4.79 Å². The van der Waals surface area contributed by atoms with Crippen LogP contribution in [0.4, 0.5) is 0 Å². The van der Waals surface area contributed by atoms with E-state index in [2.05, 4.69) is 40.5 Å². The molecule has 1 radical (unpaired) electrons. The molecule has 0 unspecified atom stereocenters. The van der Waals surface area contributed by atoms with Crippen LogP contribution < -0.4 is 5.73 Å². The van der Waals surface area contributed by atoms with Crippen LogP contribution in [-0.2, 0) is 6.54 Å². The lowest BCUT2D eigenvalue weighted by molar-refractivity contribution is 0.100. The first-order chi connectivity index (χ1) is 11.1. The number of carbonyl (C=O) groups is 1. The maximum absolute atomic E-state index is 11.9. The van der Waals surface area contributed by atoms with Gasteiger partial charge in [0.25, 0.3) is 0 Å². The molecule has 3 nitrogen and oxygen atoms in total. The molecule has 4 aromatic rings. The van der Waals surface area contributed by atoms with Crippen LogP contribution in [0.2, 0.25) is 0 Å². The summed E-state index contributed by atoms with van der Waals surface area (Å²) in [5.74, 6) is -0.404. The summed E-state index contributed by atoms with van der Waals surface area (Å²) < 4.78 is 2.24. The molecule has 0 aliphatic rings. The third-order valence-electron chi connectivity index (χ3n) is 4.13. The molecule has 1 amide bonds. The van der Waals surface area contributed by atoms with Crippen molar-refractivity contribution in [2.24, 2.45) is 5.73 Å². The van der Waals surface area contributed by atoms with Crippen molar-refractivity contribution in [2.45, 2.75) is 13.5 Å². The number of carbonyl (C=O) groups excluding carboxylic acids is 1. The predicted molar refractivity (Wildman–Crippen MR) is 95.0 cm³/mol. The van der Waals surface area contributed by atoms with E-state index in [4.69, 9.17) is 5.73 Å². The normalized spacial score (nSPS) is 11.3. The fourth-order valence-corrected chi connectivity index (χ4v) is 3.76. The number of aromatic nitrogens is 1. The van der Waals surface area contributed by atoms with Crippen molar-refractivity contribution >= 4 is 39.0 Å². The molecule has 0 saturated carbocycles. The standard InChI is InChI=1S/C19H15N2OS/c1-12-5-6-14-17(9-12)21(10-13-7-8-23-11-13)16-4-2-3-15(18(14)16)19(20)22/h2-5,7-9,11H,10H2,1H3,(H2,20,22). The van der Waals surface area contributed by atoms with Crippen molar-refractivity contribution in [1.29, 1.82) is 0 Å². The fourth-order valence-electron chi connectivity index (χ4n) is 3.10. The SMILES string of the molecule is Cc1c[c]c2c3c(C(N)=O)cccc3n(Cc3ccsc3)c2c1. The summed E-state index contributed by atoms with van der Waals surface area (Å²) in [7, 11) is 0. The van der Waals surface area contributed by atoms with Gasteiger partial charge in [-0.25, -0.2) is 0 Å². The van der Waals surface area contributed by atoms with Gasteiger partial charge < -0.3 is 10.3 Å². The highest BCUT2D eigenvalue weighted by molar-refractivity contribution is 7.07. The summed E-state index contributed by atoms with van der Waals surface area (Å²) in [5.41, 5.74) is 10.6. The first-order valence-electron chi connectivity index (χ1n) is 7.39. The van der Waals surface area contributed by atoms with Gasteiger partial charge in [-0.3, -0.25) is 4.79 Å². The Morgan fingerprint density at radius 2 is 2.17 bits per heavy atom. The first kappa shape index (κ1) is 14.0. The third-order valence-corrected chi connectivity index (χ3v) is 4.86. The Morgan fingerprint density at radius 1 is 1.30 bits per heavy atom. The lowest BCUT2D eigenvalue weighted by Crippen LogP contribution is -2.11. The second-order valence-electron chi connectivity index (χ2n) is 5.72. The van der Waals surface area contributed by atoms with Gasteiger partial charge in [-0.15, -0.1) is 0 Å². The lowest BCUT2D eigenvalue weighted by Gasteiger charge is -2.07. The predicted octanol–water partition coefficient (Wildman–Crippen LogP) is 4.11. The van der Waals surface area contributed by atoms with Crippen molar-refractivity contribution in [2.75, 3.05) is 0 Å². The maximum atomic E-state index is 11.9. The summed E-state index contributed by atoms with van der Waals surface area (Å²) in [4.78, 5) is 11.9. The molecule has 0 spiro atoms. The number of nitrogens with zero attached hydrogens (tertiary/aromatic N) is 1. The van der Waals surface area contributed by atoms with Crippen LogP contribution in [0.3, 0.4) is 0 Å². The summed E-state index contributed by atoms with van der Waals surface area (Å²) in [6.07, 6.45) is 0. The van der Waals surface area contributed by atoms with Crippen molar-refractivity contribution in [3.05, 3.63) is 69.9 Å². The Morgan fingerprint density at radius 3 is 2.91 bits per heavy atom. The minimum absolute atomic E-state index is 0.404. The summed E-state index contributed by atoms with van der Waals surface area (Å²) in [5, 5.41) is 6.07. The molecule has 0 saturated heterocycles. The highest BCUT2D eigenvalue weighted by Gasteiger charge is 2.16. The van der Waals surface area contributed by atoms with Crippen molar-refractivity contribution in [1.82, 2.24) is 4.57 Å². The summed E-state index contributed by atoms with van der Waals surface area (Å²) in [6.45, 7) is 2.82. The van der Waals surface area contributed by atoms with E-state index in [-0.39, 0.29) is 0 Å². The van der Waals surface area contributed by atoms with Crippen LogP contribution in [0.5, 0.6) is 0 Å². The monoisotopic (exact) mass is 319 g/mol. The minimum Gasteiger partial charge on any atom is -0.366 e. The first-order valence-corrected chi connectivity index (χ1v) is 8.33. The topological polar surface area (TPSA) is 48.0 Å². The molecule has 2 heterocycles. The molecule has 0 bridgehead atoms. The van der Waals surface area contributed by atoms with Crippen LogP contribution in [0.1, 0.15) is 21.5 Å². The number of benzene rings is 2. The lowest BCUT2D eigenvalue weighted by atomic mass is 10.1. The van der Waals surface area contributed by atoms with E-state index in [0.29, 0.717) is 5.56 Å². The zero-order valence-corrected chi connectivity index (χ0v) is 13.5. The number of fused-ring (bicyclic) bond motifs is 3. The number of amides is 1. The molecule has 0 fully saturated rings. The van der Waals surface area contributed by atoms with Gasteiger partial charge in [0.2, 0.25) is 5.91 Å². The smallest absolute Gasteiger partial charge is 0.249 e. The fraction of sp³-hybridized carbons (Fsp3) is 0.105. The number of rotatable bonds is 3. The summed E-state index contributed by atoms with van der Waals surface area (Å²) in [6, 6.07) is 15.3. The molecule has 2 aromatic carbocycles. The molecule has 0 atom stereocenters. The average Bonchev–Trinajstić information content (AvgIpc) is 3.14. The molecule has 23 heavy (non-hydrogen) atoms. The van der Waals surface area contributed by atoms with Gasteiger partial charge in [0, 0.05) is 22.9 Å². The van der Waals surface area contributed by atoms with Crippen LogP contribution in [0, 0.1) is 13.0 Å². The molecule has 0 aliphatic heterocycles. The second kappa shape index (κ2) is 5.25. The largest absolute Gasteiger partial charge is 0.366 e. The number of thiophene rings is 1. The molecular weight excluding hydrogens is 304 g/mol.